The Kier molecular flexibility index (Phi) is 6.03. The molecule has 5 rings (SSSR count). The first kappa shape index (κ1) is 21.1. The minimum atomic E-state index is -0.500. The topological polar surface area (TPSA) is 102 Å². The molecular formula is C22H20FN7O2S. The summed E-state index contributed by atoms with van der Waals surface area (Å²) in [5.74, 6) is 0.480. The Morgan fingerprint density at radius 3 is 2.82 bits per heavy atom. The molecule has 1 amide bonds. The number of nitrogens with one attached hydrogen (secondary N) is 1. The minimum Gasteiger partial charge on any atom is -0.442 e. The molecule has 0 aliphatic carbocycles. The van der Waals surface area contributed by atoms with Gasteiger partial charge in [-0.2, -0.15) is 10.3 Å². The number of carbonyl (C=O) groups excluding carboxylic acids is 1. The third kappa shape index (κ3) is 4.87. The van der Waals surface area contributed by atoms with Gasteiger partial charge in [-0.1, -0.05) is 29.5 Å². The van der Waals surface area contributed by atoms with Crippen molar-refractivity contribution in [2.75, 3.05) is 17.2 Å². The molecule has 4 aromatic rings. The lowest BCUT2D eigenvalue weighted by atomic mass is 10.0. The van der Waals surface area contributed by atoms with Crippen molar-refractivity contribution >= 4 is 23.5 Å². The van der Waals surface area contributed by atoms with E-state index >= 15 is 0 Å². The van der Waals surface area contributed by atoms with Gasteiger partial charge in [0.25, 0.3) is 0 Å². The molecule has 0 bridgehead atoms. The molecule has 1 aliphatic rings. The number of hydrogen-bond acceptors (Lipinski definition) is 7. The second-order valence-corrected chi connectivity index (χ2v) is 8.62. The van der Waals surface area contributed by atoms with Gasteiger partial charge >= 0.3 is 6.09 Å². The van der Waals surface area contributed by atoms with Crippen LogP contribution in [0.4, 0.5) is 14.9 Å². The molecular weight excluding hydrogens is 445 g/mol. The van der Waals surface area contributed by atoms with E-state index in [1.54, 1.807) is 47.2 Å². The lowest BCUT2D eigenvalue weighted by molar-refractivity contribution is 0.129. The van der Waals surface area contributed by atoms with Crippen LogP contribution in [-0.4, -0.2) is 54.9 Å². The fraction of sp³-hybridized carbons (Fsp3) is 0.227. The molecule has 1 atom stereocenters. The molecule has 9 nitrogen and oxygen atoms in total. The van der Waals surface area contributed by atoms with E-state index in [0.717, 1.165) is 28.3 Å². The predicted molar refractivity (Wildman–Crippen MR) is 120 cm³/mol. The highest BCUT2D eigenvalue weighted by Crippen LogP contribution is 2.29. The fourth-order valence-electron chi connectivity index (χ4n) is 3.66. The summed E-state index contributed by atoms with van der Waals surface area (Å²) in [5, 5.41) is 18.9. The van der Waals surface area contributed by atoms with Crippen LogP contribution in [0.25, 0.3) is 11.1 Å². The first-order valence-electron chi connectivity index (χ1n) is 10.4. The zero-order chi connectivity index (χ0) is 22.6. The minimum absolute atomic E-state index is 0.318. The summed E-state index contributed by atoms with van der Waals surface area (Å²) in [7, 11) is 0. The summed E-state index contributed by atoms with van der Waals surface area (Å²) in [5.41, 5.74) is 2.88. The molecule has 0 saturated carbocycles. The largest absolute Gasteiger partial charge is 0.442 e. The van der Waals surface area contributed by atoms with Gasteiger partial charge in [0.1, 0.15) is 16.9 Å². The van der Waals surface area contributed by atoms with E-state index in [0.29, 0.717) is 24.3 Å². The van der Waals surface area contributed by atoms with Gasteiger partial charge in [-0.3, -0.25) is 4.90 Å². The number of aryl methyl sites for hydroxylation is 1. The number of thioether (sulfide) groups is 1. The normalized spacial score (nSPS) is 15.7. The molecule has 33 heavy (non-hydrogen) atoms. The quantitative estimate of drug-likeness (QED) is 0.397. The summed E-state index contributed by atoms with van der Waals surface area (Å²) in [6.45, 7) is 0.713. The van der Waals surface area contributed by atoms with Crippen molar-refractivity contribution in [3.05, 3.63) is 72.4 Å². The first-order valence-corrected chi connectivity index (χ1v) is 11.3. The number of benzene rings is 2. The molecule has 1 fully saturated rings. The molecule has 2 aromatic carbocycles. The average Bonchev–Trinajstić information content (AvgIpc) is 3.58. The fourth-order valence-corrected chi connectivity index (χ4v) is 4.44. The molecule has 11 heteroatoms. The highest BCUT2D eigenvalue weighted by atomic mass is 32.2. The molecule has 1 saturated heterocycles. The van der Waals surface area contributed by atoms with Crippen molar-refractivity contribution in [3.8, 4) is 11.1 Å². The van der Waals surface area contributed by atoms with Crippen LogP contribution in [0.2, 0.25) is 0 Å². The number of ether oxygens (including phenoxy) is 1. The summed E-state index contributed by atoms with van der Waals surface area (Å²) >= 11 is 1.62. The maximum absolute atomic E-state index is 15.0. The van der Waals surface area contributed by atoms with Crippen molar-refractivity contribution < 1.29 is 13.9 Å². The van der Waals surface area contributed by atoms with Crippen molar-refractivity contribution in [1.82, 2.24) is 30.4 Å². The Morgan fingerprint density at radius 1 is 1.21 bits per heavy atom. The van der Waals surface area contributed by atoms with Crippen molar-refractivity contribution in [2.45, 2.75) is 24.1 Å². The van der Waals surface area contributed by atoms with E-state index in [-0.39, 0.29) is 6.10 Å². The number of cyclic esters (lactones) is 1. The predicted octanol–water partition coefficient (Wildman–Crippen LogP) is 3.56. The number of halogens is 1. The van der Waals surface area contributed by atoms with Crippen LogP contribution < -0.4 is 4.90 Å². The Bertz CT molecular complexity index is 1220. The molecule has 168 valence electrons. The third-order valence-corrected chi connectivity index (χ3v) is 6.20. The SMILES string of the molecule is O=C1O[C@@H](Cn2ccnn2)CN1c1ccc(-c2ccc(CCSc3cn[nH]n3)cc2)c(F)c1. The summed E-state index contributed by atoms with van der Waals surface area (Å²) in [6.07, 6.45) is 4.95. The molecule has 2 aromatic heterocycles. The summed E-state index contributed by atoms with van der Waals surface area (Å²) in [4.78, 5) is 13.7. The third-order valence-electron chi connectivity index (χ3n) is 5.30. The highest BCUT2D eigenvalue weighted by Gasteiger charge is 2.33. The van der Waals surface area contributed by atoms with Gasteiger partial charge in [0, 0.05) is 17.5 Å². The van der Waals surface area contributed by atoms with Crippen molar-refractivity contribution in [3.63, 3.8) is 0 Å². The number of nitrogens with zero attached hydrogens (tertiary/aromatic N) is 6. The first-order chi connectivity index (χ1) is 16.2. The number of amides is 1. The molecule has 0 unspecified atom stereocenters. The van der Waals surface area contributed by atoms with E-state index < -0.39 is 11.9 Å². The number of aromatic nitrogens is 6. The zero-order valence-electron chi connectivity index (χ0n) is 17.5. The monoisotopic (exact) mass is 465 g/mol. The molecule has 3 heterocycles. The Morgan fingerprint density at radius 2 is 2.09 bits per heavy atom. The Hall–Kier alpha value is -3.73. The number of anilines is 1. The lowest BCUT2D eigenvalue weighted by Gasteiger charge is -2.14. The second-order valence-electron chi connectivity index (χ2n) is 7.51. The second kappa shape index (κ2) is 9.41. The van der Waals surface area contributed by atoms with Gasteiger partial charge in [-0.25, -0.2) is 13.9 Å². The number of aromatic amines is 1. The maximum atomic E-state index is 15.0. The van der Waals surface area contributed by atoms with Gasteiger partial charge in [0.05, 0.1) is 31.2 Å². The van der Waals surface area contributed by atoms with Crippen LogP contribution in [0.1, 0.15) is 5.56 Å². The van der Waals surface area contributed by atoms with E-state index in [1.165, 1.54) is 11.0 Å². The standard InChI is InChI=1S/C22H20FN7O2S/c23-20-11-17(30-14-18(32-22(30)31)13-29-9-8-24-28-29)5-6-19(20)16-3-1-15(2-4-16)7-10-33-21-12-25-27-26-21/h1-6,8-9,11-12,18H,7,10,13-14H2,(H,25,26,27)/t18-/m0/s1. The van der Waals surface area contributed by atoms with E-state index in [2.05, 4.69) is 25.7 Å². The Labute approximate surface area is 192 Å². The molecule has 1 N–H and O–H groups in total. The van der Waals surface area contributed by atoms with Crippen LogP contribution in [-0.2, 0) is 17.7 Å². The zero-order valence-corrected chi connectivity index (χ0v) is 18.3. The van der Waals surface area contributed by atoms with Gasteiger partial charge < -0.3 is 4.74 Å². The van der Waals surface area contributed by atoms with Gasteiger partial charge in [0.2, 0.25) is 0 Å². The number of carbonyl (C=O) groups is 1. The maximum Gasteiger partial charge on any atom is 0.414 e. The van der Waals surface area contributed by atoms with Crippen LogP contribution in [0.3, 0.4) is 0 Å². The van der Waals surface area contributed by atoms with Crippen LogP contribution in [0.5, 0.6) is 0 Å². The van der Waals surface area contributed by atoms with Crippen molar-refractivity contribution in [2.24, 2.45) is 0 Å². The van der Waals surface area contributed by atoms with Crippen LogP contribution in [0, 0.1) is 5.82 Å². The number of rotatable bonds is 8. The Balaban J connectivity index is 1.22. The van der Waals surface area contributed by atoms with E-state index in [1.807, 2.05) is 24.3 Å². The van der Waals surface area contributed by atoms with Gasteiger partial charge in [0.15, 0.2) is 0 Å². The van der Waals surface area contributed by atoms with Gasteiger partial charge in [-0.15, -0.1) is 22.0 Å². The summed E-state index contributed by atoms with van der Waals surface area (Å²) < 4.78 is 21.9. The lowest BCUT2D eigenvalue weighted by Crippen LogP contribution is -2.26. The molecule has 0 spiro atoms. The summed E-state index contributed by atoms with van der Waals surface area (Å²) in [6, 6.07) is 12.6. The number of H-pyrrole nitrogens is 1. The average molecular weight is 466 g/mol. The number of hydrogen-bond donors (Lipinski definition) is 1. The highest BCUT2D eigenvalue weighted by molar-refractivity contribution is 7.99. The van der Waals surface area contributed by atoms with Gasteiger partial charge in [-0.05, 0) is 35.7 Å². The molecule has 0 radical (unpaired) electrons. The van der Waals surface area contributed by atoms with Crippen molar-refractivity contribution in [1.29, 1.82) is 0 Å². The molecule has 1 aliphatic heterocycles. The smallest absolute Gasteiger partial charge is 0.414 e. The van der Waals surface area contributed by atoms with E-state index in [4.69, 9.17) is 4.74 Å². The van der Waals surface area contributed by atoms with Crippen LogP contribution >= 0.6 is 11.8 Å². The van der Waals surface area contributed by atoms with Crippen LogP contribution in [0.15, 0.2) is 66.1 Å². The van der Waals surface area contributed by atoms with E-state index in [9.17, 15) is 9.18 Å².